The summed E-state index contributed by atoms with van der Waals surface area (Å²) in [5.74, 6) is 0. The summed E-state index contributed by atoms with van der Waals surface area (Å²) in [4.78, 5) is 2.57. The lowest BCUT2D eigenvalue weighted by molar-refractivity contribution is 0.452. The van der Waals surface area contributed by atoms with Crippen molar-refractivity contribution in [2.75, 3.05) is 24.5 Å². The van der Waals surface area contributed by atoms with Crippen molar-refractivity contribution in [2.45, 2.75) is 50.9 Å². The Morgan fingerprint density at radius 3 is 2.42 bits per heavy atom. The first-order chi connectivity index (χ1) is 9.25. The van der Waals surface area contributed by atoms with Gasteiger partial charge in [0.05, 0.1) is 0 Å². The Morgan fingerprint density at radius 2 is 1.79 bits per heavy atom. The molecule has 1 saturated carbocycles. The summed E-state index contributed by atoms with van der Waals surface area (Å²) in [5.41, 5.74) is 10.8. The van der Waals surface area contributed by atoms with Crippen LogP contribution in [-0.4, -0.2) is 19.6 Å². The average Bonchev–Trinajstić information content (AvgIpc) is 3.11. The van der Waals surface area contributed by atoms with Crippen molar-refractivity contribution in [3.63, 3.8) is 0 Å². The van der Waals surface area contributed by atoms with Crippen molar-refractivity contribution in [1.82, 2.24) is 0 Å². The zero-order chi connectivity index (χ0) is 13.3. The van der Waals surface area contributed by atoms with Crippen molar-refractivity contribution in [1.29, 1.82) is 0 Å². The van der Waals surface area contributed by atoms with Gasteiger partial charge in [-0.1, -0.05) is 30.5 Å². The fourth-order valence-electron chi connectivity index (χ4n) is 3.94. The Kier molecular flexibility index (Phi) is 3.53. The summed E-state index contributed by atoms with van der Waals surface area (Å²) in [6, 6.07) is 7.01. The van der Waals surface area contributed by atoms with Gasteiger partial charge in [0, 0.05) is 30.7 Å². The molecule has 2 N–H and O–H groups in total. The van der Waals surface area contributed by atoms with Crippen LogP contribution >= 0.6 is 0 Å². The Labute approximate surface area is 117 Å². The molecule has 0 amide bonds. The highest BCUT2D eigenvalue weighted by atomic mass is 15.1. The summed E-state index contributed by atoms with van der Waals surface area (Å²) < 4.78 is 0. The largest absolute Gasteiger partial charge is 0.371 e. The molecule has 1 saturated heterocycles. The first-order valence-electron chi connectivity index (χ1n) is 7.81. The van der Waals surface area contributed by atoms with Crippen LogP contribution in [0.25, 0.3) is 0 Å². The third-order valence-electron chi connectivity index (χ3n) is 5.12. The van der Waals surface area contributed by atoms with Crippen LogP contribution in [0, 0.1) is 6.92 Å². The third kappa shape index (κ3) is 2.27. The van der Waals surface area contributed by atoms with Crippen LogP contribution in [0.1, 0.15) is 49.7 Å². The lowest BCUT2D eigenvalue weighted by Gasteiger charge is -2.33. The van der Waals surface area contributed by atoms with E-state index in [1.807, 2.05) is 0 Å². The van der Waals surface area contributed by atoms with E-state index in [1.165, 1.54) is 68.4 Å². The number of nitrogens with zero attached hydrogens (tertiary/aromatic N) is 1. The van der Waals surface area contributed by atoms with Gasteiger partial charge in [-0.3, -0.25) is 0 Å². The molecule has 0 unspecified atom stereocenters. The fraction of sp³-hybridized carbons (Fsp3) is 0.647. The molecule has 2 nitrogen and oxygen atoms in total. The van der Waals surface area contributed by atoms with Crippen LogP contribution in [-0.2, 0) is 5.41 Å². The summed E-state index contributed by atoms with van der Waals surface area (Å²) in [6.45, 7) is 5.45. The highest BCUT2D eigenvalue weighted by molar-refractivity contribution is 5.59. The number of aryl methyl sites for hydroxylation is 1. The molecule has 3 rings (SSSR count). The van der Waals surface area contributed by atoms with Crippen molar-refractivity contribution in [2.24, 2.45) is 5.73 Å². The number of hydrogen-bond acceptors (Lipinski definition) is 2. The quantitative estimate of drug-likeness (QED) is 0.900. The lowest BCUT2D eigenvalue weighted by atomic mass is 9.77. The standard InChI is InChI=1S/C17H26N2/c1-14-6-7-16(19-10-4-5-11-19)15(12-14)17(13-18)8-2-3-9-17/h6-7,12H,2-5,8-11,13,18H2,1H3. The highest BCUT2D eigenvalue weighted by Crippen LogP contribution is 2.45. The summed E-state index contributed by atoms with van der Waals surface area (Å²) >= 11 is 0. The predicted octanol–water partition coefficient (Wildman–Crippen LogP) is 3.37. The van der Waals surface area contributed by atoms with Gasteiger partial charge in [-0.25, -0.2) is 0 Å². The zero-order valence-corrected chi connectivity index (χ0v) is 12.1. The normalized spacial score (nSPS) is 22.1. The predicted molar refractivity (Wildman–Crippen MR) is 81.8 cm³/mol. The fourth-order valence-corrected chi connectivity index (χ4v) is 3.94. The molecule has 1 heterocycles. The maximum absolute atomic E-state index is 6.20. The minimum Gasteiger partial charge on any atom is -0.371 e. The van der Waals surface area contributed by atoms with Crippen LogP contribution in [0.4, 0.5) is 5.69 Å². The molecule has 0 aromatic heterocycles. The number of hydrogen-bond donors (Lipinski definition) is 1. The van der Waals surface area contributed by atoms with E-state index >= 15 is 0 Å². The monoisotopic (exact) mass is 258 g/mol. The van der Waals surface area contributed by atoms with Gasteiger partial charge in [0.15, 0.2) is 0 Å². The molecule has 0 atom stereocenters. The maximum Gasteiger partial charge on any atom is 0.0405 e. The molecule has 19 heavy (non-hydrogen) atoms. The van der Waals surface area contributed by atoms with E-state index in [4.69, 9.17) is 5.73 Å². The molecule has 2 heteroatoms. The first kappa shape index (κ1) is 13.0. The average molecular weight is 258 g/mol. The number of rotatable bonds is 3. The smallest absolute Gasteiger partial charge is 0.0405 e. The summed E-state index contributed by atoms with van der Waals surface area (Å²) in [5, 5.41) is 0. The van der Waals surface area contributed by atoms with Crippen molar-refractivity contribution >= 4 is 5.69 Å². The molecule has 104 valence electrons. The van der Waals surface area contributed by atoms with Crippen molar-refractivity contribution in [3.8, 4) is 0 Å². The van der Waals surface area contributed by atoms with Crippen LogP contribution in [0.2, 0.25) is 0 Å². The highest BCUT2D eigenvalue weighted by Gasteiger charge is 2.37. The molecule has 1 aliphatic carbocycles. The molecular formula is C17H26N2. The van der Waals surface area contributed by atoms with Gasteiger partial charge in [0.1, 0.15) is 0 Å². The van der Waals surface area contributed by atoms with E-state index in [2.05, 4.69) is 30.0 Å². The molecule has 0 bridgehead atoms. The molecule has 2 fully saturated rings. The Bertz CT molecular complexity index is 441. The lowest BCUT2D eigenvalue weighted by Crippen LogP contribution is -2.34. The summed E-state index contributed by atoms with van der Waals surface area (Å²) in [6.07, 6.45) is 7.89. The Hall–Kier alpha value is -1.02. The van der Waals surface area contributed by atoms with Gasteiger partial charge in [0.2, 0.25) is 0 Å². The minimum atomic E-state index is 0.254. The maximum atomic E-state index is 6.20. The number of nitrogens with two attached hydrogens (primary N) is 1. The Balaban J connectivity index is 2.04. The molecular weight excluding hydrogens is 232 g/mol. The van der Waals surface area contributed by atoms with E-state index in [-0.39, 0.29) is 5.41 Å². The first-order valence-corrected chi connectivity index (χ1v) is 7.81. The van der Waals surface area contributed by atoms with Gasteiger partial charge < -0.3 is 10.6 Å². The molecule has 1 aromatic carbocycles. The summed E-state index contributed by atoms with van der Waals surface area (Å²) in [7, 11) is 0. The van der Waals surface area contributed by atoms with Crippen LogP contribution in [0.5, 0.6) is 0 Å². The second-order valence-electron chi connectivity index (χ2n) is 6.41. The molecule has 0 spiro atoms. The van der Waals surface area contributed by atoms with Crippen LogP contribution in [0.15, 0.2) is 18.2 Å². The zero-order valence-electron chi connectivity index (χ0n) is 12.1. The second kappa shape index (κ2) is 5.16. The van der Waals surface area contributed by atoms with E-state index in [9.17, 15) is 0 Å². The van der Waals surface area contributed by atoms with Crippen molar-refractivity contribution in [3.05, 3.63) is 29.3 Å². The minimum absolute atomic E-state index is 0.254. The van der Waals surface area contributed by atoms with Gasteiger partial charge in [-0.15, -0.1) is 0 Å². The van der Waals surface area contributed by atoms with E-state index in [1.54, 1.807) is 0 Å². The topological polar surface area (TPSA) is 29.3 Å². The number of benzene rings is 1. The molecule has 0 radical (unpaired) electrons. The van der Waals surface area contributed by atoms with Gasteiger partial charge in [-0.2, -0.15) is 0 Å². The van der Waals surface area contributed by atoms with Gasteiger partial charge in [0.25, 0.3) is 0 Å². The van der Waals surface area contributed by atoms with E-state index in [0.717, 1.165) is 6.54 Å². The Morgan fingerprint density at radius 1 is 1.11 bits per heavy atom. The SMILES string of the molecule is Cc1ccc(N2CCCC2)c(C2(CN)CCCC2)c1. The second-order valence-corrected chi connectivity index (χ2v) is 6.41. The molecule has 1 aliphatic heterocycles. The van der Waals surface area contributed by atoms with Crippen molar-refractivity contribution < 1.29 is 0 Å². The van der Waals surface area contributed by atoms with Crippen LogP contribution in [0.3, 0.4) is 0 Å². The van der Waals surface area contributed by atoms with Gasteiger partial charge in [-0.05, 0) is 44.2 Å². The van der Waals surface area contributed by atoms with Gasteiger partial charge >= 0.3 is 0 Å². The molecule has 2 aliphatic rings. The molecule has 1 aromatic rings. The van der Waals surface area contributed by atoms with E-state index < -0.39 is 0 Å². The van der Waals surface area contributed by atoms with Crippen LogP contribution < -0.4 is 10.6 Å². The van der Waals surface area contributed by atoms with E-state index in [0.29, 0.717) is 0 Å². The number of anilines is 1. The third-order valence-corrected chi connectivity index (χ3v) is 5.12.